The van der Waals surface area contributed by atoms with Crippen molar-refractivity contribution < 1.29 is 18.3 Å². The highest BCUT2D eigenvalue weighted by Gasteiger charge is 2.31. The fraction of sp³-hybridized carbons (Fsp3) is 0.353. The van der Waals surface area contributed by atoms with Gasteiger partial charge in [-0.2, -0.15) is 13.2 Å². The summed E-state index contributed by atoms with van der Waals surface area (Å²) < 4.78 is 38.4. The number of halogens is 3. The average Bonchev–Trinajstić information content (AvgIpc) is 3.05. The van der Waals surface area contributed by atoms with Gasteiger partial charge in [0.2, 0.25) is 0 Å². The maximum atomic E-state index is 12.8. The Balaban J connectivity index is 1.59. The van der Waals surface area contributed by atoms with Crippen LogP contribution in [0.15, 0.2) is 30.6 Å². The lowest BCUT2D eigenvalue weighted by atomic mass is 10.1. The summed E-state index contributed by atoms with van der Waals surface area (Å²) >= 11 is 0. The molecule has 3 aromatic heterocycles. The molecule has 2 N–H and O–H groups in total. The van der Waals surface area contributed by atoms with Gasteiger partial charge in [0.05, 0.1) is 17.2 Å². The minimum atomic E-state index is -4.45. The quantitative estimate of drug-likeness (QED) is 0.732. The van der Waals surface area contributed by atoms with Crippen LogP contribution in [0.4, 0.5) is 19.0 Å². The molecule has 0 spiro atoms. The number of aromatic amines is 1. The lowest BCUT2D eigenvalue weighted by Crippen LogP contribution is -2.36. The van der Waals surface area contributed by atoms with E-state index in [4.69, 9.17) is 0 Å². The number of anilines is 1. The van der Waals surface area contributed by atoms with E-state index in [-0.39, 0.29) is 17.3 Å². The first-order valence-electron chi connectivity index (χ1n) is 8.22. The van der Waals surface area contributed by atoms with E-state index in [1.165, 1.54) is 0 Å². The fourth-order valence-electron chi connectivity index (χ4n) is 3.00. The number of nitrogens with one attached hydrogen (secondary N) is 1. The highest BCUT2D eigenvalue weighted by atomic mass is 19.4. The van der Waals surface area contributed by atoms with Gasteiger partial charge in [-0.25, -0.2) is 15.0 Å². The van der Waals surface area contributed by atoms with E-state index in [0.717, 1.165) is 31.2 Å². The summed E-state index contributed by atoms with van der Waals surface area (Å²) in [4.78, 5) is 17.4. The Kier molecular flexibility index (Phi) is 4.03. The van der Waals surface area contributed by atoms with Crippen molar-refractivity contribution in [2.75, 3.05) is 18.0 Å². The standard InChI is InChI=1S/C17H16F3N5O/c18-17(19,20)11-7-13-16(22-9-11)24-15(23-13)10-1-2-14(21-8-10)25-5-3-12(26)4-6-25/h1-2,7-9,12,26H,3-6H2,(H,22,23,24). The van der Waals surface area contributed by atoms with E-state index in [9.17, 15) is 18.3 Å². The van der Waals surface area contributed by atoms with Gasteiger partial charge in [0.25, 0.3) is 0 Å². The Bertz CT molecular complexity index is 914. The van der Waals surface area contributed by atoms with Crippen molar-refractivity contribution in [1.82, 2.24) is 19.9 Å². The number of piperidine rings is 1. The lowest BCUT2D eigenvalue weighted by Gasteiger charge is -2.30. The van der Waals surface area contributed by atoms with Crippen LogP contribution in [0.5, 0.6) is 0 Å². The van der Waals surface area contributed by atoms with Crippen molar-refractivity contribution in [3.05, 3.63) is 36.2 Å². The molecule has 4 rings (SSSR count). The van der Waals surface area contributed by atoms with Gasteiger partial charge in [-0.15, -0.1) is 0 Å². The lowest BCUT2D eigenvalue weighted by molar-refractivity contribution is -0.137. The number of alkyl halides is 3. The molecule has 26 heavy (non-hydrogen) atoms. The third-order valence-corrected chi connectivity index (χ3v) is 4.47. The number of pyridine rings is 2. The molecule has 1 fully saturated rings. The van der Waals surface area contributed by atoms with Gasteiger partial charge in [-0.05, 0) is 31.0 Å². The van der Waals surface area contributed by atoms with Crippen LogP contribution >= 0.6 is 0 Å². The Morgan fingerprint density at radius 2 is 1.88 bits per heavy atom. The predicted octanol–water partition coefficient (Wildman–Crippen LogP) is 3.00. The summed E-state index contributed by atoms with van der Waals surface area (Å²) in [6, 6.07) is 4.66. The average molecular weight is 363 g/mol. The zero-order valence-electron chi connectivity index (χ0n) is 13.7. The van der Waals surface area contributed by atoms with E-state index < -0.39 is 11.7 Å². The topological polar surface area (TPSA) is 77.9 Å². The number of aliphatic hydroxyl groups is 1. The molecule has 0 atom stereocenters. The molecule has 1 saturated heterocycles. The smallest absolute Gasteiger partial charge is 0.393 e. The van der Waals surface area contributed by atoms with Gasteiger partial charge in [0.15, 0.2) is 5.65 Å². The SMILES string of the molecule is OC1CCN(c2ccc(-c3nc4ncc(C(F)(F)F)cc4[nH]3)cn2)CC1. The van der Waals surface area contributed by atoms with Crippen molar-refractivity contribution in [3.8, 4) is 11.4 Å². The third-order valence-electron chi connectivity index (χ3n) is 4.47. The first kappa shape index (κ1) is 16.8. The van der Waals surface area contributed by atoms with Crippen molar-refractivity contribution in [3.63, 3.8) is 0 Å². The molecule has 1 aliphatic heterocycles. The van der Waals surface area contributed by atoms with Gasteiger partial charge in [0.1, 0.15) is 11.6 Å². The maximum Gasteiger partial charge on any atom is 0.417 e. The van der Waals surface area contributed by atoms with Crippen LogP contribution in [0.25, 0.3) is 22.6 Å². The van der Waals surface area contributed by atoms with E-state index in [0.29, 0.717) is 24.2 Å². The zero-order chi connectivity index (χ0) is 18.3. The first-order valence-corrected chi connectivity index (χ1v) is 8.22. The number of hydrogen-bond donors (Lipinski definition) is 2. The predicted molar refractivity (Wildman–Crippen MR) is 89.6 cm³/mol. The first-order chi connectivity index (χ1) is 12.4. The molecule has 3 aromatic rings. The van der Waals surface area contributed by atoms with E-state index in [1.54, 1.807) is 6.20 Å². The second-order valence-corrected chi connectivity index (χ2v) is 6.30. The summed E-state index contributed by atoms with van der Waals surface area (Å²) in [7, 11) is 0. The number of fused-ring (bicyclic) bond motifs is 1. The van der Waals surface area contributed by atoms with E-state index in [1.807, 2.05) is 12.1 Å². The summed E-state index contributed by atoms with van der Waals surface area (Å²) in [5.74, 6) is 1.22. The molecular weight excluding hydrogens is 347 g/mol. The zero-order valence-corrected chi connectivity index (χ0v) is 13.7. The van der Waals surface area contributed by atoms with E-state index >= 15 is 0 Å². The van der Waals surface area contributed by atoms with Gasteiger partial charge in [-0.1, -0.05) is 0 Å². The number of nitrogens with zero attached hydrogens (tertiary/aromatic N) is 4. The Hall–Kier alpha value is -2.68. The molecule has 9 heteroatoms. The van der Waals surface area contributed by atoms with Crippen molar-refractivity contribution in [1.29, 1.82) is 0 Å². The third kappa shape index (κ3) is 3.22. The monoisotopic (exact) mass is 363 g/mol. The molecule has 1 aliphatic rings. The van der Waals surface area contributed by atoms with Crippen LogP contribution in [0, 0.1) is 0 Å². The van der Waals surface area contributed by atoms with Gasteiger partial charge in [-0.3, -0.25) is 0 Å². The summed E-state index contributed by atoms with van der Waals surface area (Å²) in [6.45, 7) is 1.48. The fourth-order valence-corrected chi connectivity index (χ4v) is 3.00. The van der Waals surface area contributed by atoms with Crippen LogP contribution in [-0.2, 0) is 6.18 Å². The molecule has 0 radical (unpaired) electrons. The largest absolute Gasteiger partial charge is 0.417 e. The highest BCUT2D eigenvalue weighted by molar-refractivity contribution is 5.76. The maximum absolute atomic E-state index is 12.8. The molecule has 0 amide bonds. The molecule has 0 aliphatic carbocycles. The summed E-state index contributed by atoms with van der Waals surface area (Å²) in [5.41, 5.74) is 0.296. The number of imidazole rings is 1. The van der Waals surface area contributed by atoms with Crippen LogP contribution in [0.2, 0.25) is 0 Å². The minimum Gasteiger partial charge on any atom is -0.393 e. The number of aromatic nitrogens is 4. The van der Waals surface area contributed by atoms with Gasteiger partial charge < -0.3 is 15.0 Å². The number of hydrogen-bond acceptors (Lipinski definition) is 5. The van der Waals surface area contributed by atoms with Gasteiger partial charge >= 0.3 is 6.18 Å². The summed E-state index contributed by atoms with van der Waals surface area (Å²) in [6.07, 6.45) is -0.880. The number of H-pyrrole nitrogens is 1. The number of rotatable bonds is 2. The molecule has 4 heterocycles. The molecule has 6 nitrogen and oxygen atoms in total. The van der Waals surface area contributed by atoms with Crippen molar-refractivity contribution in [2.24, 2.45) is 0 Å². The molecule has 0 saturated carbocycles. The van der Waals surface area contributed by atoms with Crippen LogP contribution < -0.4 is 4.90 Å². The summed E-state index contributed by atoms with van der Waals surface area (Å²) in [5, 5.41) is 9.57. The Labute approximate surface area is 146 Å². The Morgan fingerprint density at radius 1 is 1.12 bits per heavy atom. The van der Waals surface area contributed by atoms with Crippen LogP contribution in [0.1, 0.15) is 18.4 Å². The molecule has 0 bridgehead atoms. The molecular formula is C17H16F3N5O. The normalized spacial score (nSPS) is 16.4. The molecule has 0 unspecified atom stereocenters. The van der Waals surface area contributed by atoms with Crippen LogP contribution in [-0.4, -0.2) is 44.2 Å². The number of aliphatic hydroxyl groups excluding tert-OH is 1. The Morgan fingerprint density at radius 3 is 2.54 bits per heavy atom. The second kappa shape index (κ2) is 6.24. The van der Waals surface area contributed by atoms with Crippen molar-refractivity contribution in [2.45, 2.75) is 25.1 Å². The molecule has 136 valence electrons. The van der Waals surface area contributed by atoms with Crippen LogP contribution in [0.3, 0.4) is 0 Å². The highest BCUT2D eigenvalue weighted by Crippen LogP contribution is 2.30. The van der Waals surface area contributed by atoms with Gasteiger partial charge in [0, 0.05) is 31.0 Å². The van der Waals surface area contributed by atoms with E-state index in [2.05, 4.69) is 24.8 Å². The molecule has 0 aromatic carbocycles. The minimum absolute atomic E-state index is 0.224. The van der Waals surface area contributed by atoms with Crippen molar-refractivity contribution >= 4 is 17.0 Å². The second-order valence-electron chi connectivity index (χ2n) is 6.30.